The van der Waals surface area contributed by atoms with Gasteiger partial charge in [0.1, 0.15) is 0 Å². The van der Waals surface area contributed by atoms with Gasteiger partial charge in [-0.05, 0) is 29.8 Å². The highest BCUT2D eigenvalue weighted by Gasteiger charge is 2.14. The van der Waals surface area contributed by atoms with E-state index in [2.05, 4.69) is 10.3 Å². The molecule has 0 fully saturated rings. The van der Waals surface area contributed by atoms with Gasteiger partial charge in [-0.15, -0.1) is 0 Å². The molecule has 1 N–H and O–H groups in total. The zero-order valence-corrected chi connectivity index (χ0v) is 14.6. The van der Waals surface area contributed by atoms with Gasteiger partial charge in [0, 0.05) is 32.6 Å². The molecule has 7 heteroatoms. The number of carbonyl (C=O) groups is 2. The van der Waals surface area contributed by atoms with Crippen molar-refractivity contribution in [3.8, 4) is 11.5 Å². The molecular weight excluding hydrogens is 334 g/mol. The van der Waals surface area contributed by atoms with Crippen molar-refractivity contribution in [3.05, 3.63) is 53.9 Å². The fraction of sp³-hybridized carbons (Fsp3) is 0.316. The van der Waals surface area contributed by atoms with Gasteiger partial charge in [-0.2, -0.15) is 0 Å². The third-order valence-electron chi connectivity index (χ3n) is 4.06. The minimum atomic E-state index is -0.116. The first-order valence-corrected chi connectivity index (χ1v) is 8.42. The predicted octanol–water partition coefficient (Wildman–Crippen LogP) is 1.87. The number of ether oxygens (including phenoxy) is 2. The summed E-state index contributed by atoms with van der Waals surface area (Å²) < 4.78 is 10.6. The average Bonchev–Trinajstić information content (AvgIpc) is 3.11. The van der Waals surface area contributed by atoms with Gasteiger partial charge in [-0.1, -0.05) is 12.1 Å². The van der Waals surface area contributed by atoms with Crippen LogP contribution in [0.15, 0.2) is 42.6 Å². The molecular formula is C19H21N3O4. The molecule has 2 aromatic rings. The molecule has 136 valence electrons. The molecule has 1 aromatic heterocycles. The zero-order valence-electron chi connectivity index (χ0n) is 14.6. The average molecular weight is 355 g/mol. The molecule has 2 amide bonds. The first-order chi connectivity index (χ1) is 12.6. The lowest BCUT2D eigenvalue weighted by Gasteiger charge is -2.20. The molecule has 3 rings (SSSR count). The van der Waals surface area contributed by atoms with E-state index in [0.717, 1.165) is 11.3 Å². The maximum Gasteiger partial charge on any atom is 0.231 e. The summed E-state index contributed by atoms with van der Waals surface area (Å²) in [6.07, 6.45) is 1.92. The minimum absolute atomic E-state index is 0.0841. The monoisotopic (exact) mass is 355 g/mol. The second-order valence-corrected chi connectivity index (χ2v) is 5.98. The van der Waals surface area contributed by atoms with Gasteiger partial charge in [-0.3, -0.25) is 14.6 Å². The Balaban J connectivity index is 1.47. The Bertz CT molecular complexity index is 780. The van der Waals surface area contributed by atoms with Crippen LogP contribution >= 0.6 is 0 Å². The Morgan fingerprint density at radius 1 is 1.19 bits per heavy atom. The molecule has 0 atom stereocenters. The summed E-state index contributed by atoms with van der Waals surface area (Å²) in [4.78, 5) is 29.7. The van der Waals surface area contributed by atoms with Gasteiger partial charge < -0.3 is 19.7 Å². The molecule has 0 saturated carbocycles. The van der Waals surface area contributed by atoms with Crippen LogP contribution in [0.25, 0.3) is 0 Å². The number of amides is 2. The van der Waals surface area contributed by atoms with E-state index in [9.17, 15) is 9.59 Å². The molecule has 2 heterocycles. The van der Waals surface area contributed by atoms with Crippen molar-refractivity contribution in [3.63, 3.8) is 0 Å². The van der Waals surface area contributed by atoms with E-state index in [-0.39, 0.29) is 25.0 Å². The number of pyridine rings is 1. The molecule has 0 spiro atoms. The van der Waals surface area contributed by atoms with Crippen LogP contribution in [0, 0.1) is 0 Å². The second kappa shape index (κ2) is 8.33. The highest BCUT2D eigenvalue weighted by atomic mass is 16.7. The summed E-state index contributed by atoms with van der Waals surface area (Å²) in [5.74, 6) is 1.20. The van der Waals surface area contributed by atoms with E-state index in [1.165, 1.54) is 6.92 Å². The van der Waals surface area contributed by atoms with Crippen molar-refractivity contribution in [2.24, 2.45) is 0 Å². The molecule has 1 aliphatic heterocycles. The molecule has 0 radical (unpaired) electrons. The molecule has 0 saturated heterocycles. The van der Waals surface area contributed by atoms with E-state index in [0.29, 0.717) is 31.1 Å². The lowest BCUT2D eigenvalue weighted by molar-refractivity contribution is -0.130. The number of hydrogen-bond acceptors (Lipinski definition) is 5. The van der Waals surface area contributed by atoms with Crippen LogP contribution in [-0.2, 0) is 22.7 Å². The minimum Gasteiger partial charge on any atom is -0.454 e. The summed E-state index contributed by atoms with van der Waals surface area (Å²) in [5, 5.41) is 2.86. The normalized spacial score (nSPS) is 11.9. The van der Waals surface area contributed by atoms with Crippen LogP contribution < -0.4 is 14.8 Å². The number of rotatable bonds is 7. The van der Waals surface area contributed by atoms with E-state index < -0.39 is 0 Å². The first-order valence-electron chi connectivity index (χ1n) is 8.42. The van der Waals surface area contributed by atoms with Crippen molar-refractivity contribution in [2.45, 2.75) is 26.4 Å². The van der Waals surface area contributed by atoms with Crippen molar-refractivity contribution in [1.82, 2.24) is 15.2 Å². The summed E-state index contributed by atoms with van der Waals surface area (Å²) in [5.41, 5.74) is 1.72. The van der Waals surface area contributed by atoms with Crippen molar-refractivity contribution < 1.29 is 19.1 Å². The molecule has 1 aromatic carbocycles. The summed E-state index contributed by atoms with van der Waals surface area (Å²) >= 11 is 0. The molecule has 1 aliphatic rings. The standard InChI is InChI=1S/C19H21N3O4/c1-14(23)22(12-16-4-2-3-8-20-16)9-7-19(24)21-11-15-5-6-17-18(10-15)26-13-25-17/h2-6,8,10H,7,9,11-13H2,1H3,(H,21,24). The van der Waals surface area contributed by atoms with Crippen LogP contribution in [0.3, 0.4) is 0 Å². The third kappa shape index (κ3) is 4.72. The number of hydrogen-bond donors (Lipinski definition) is 1. The fourth-order valence-electron chi connectivity index (χ4n) is 2.61. The van der Waals surface area contributed by atoms with Crippen LogP contribution in [0.4, 0.5) is 0 Å². The topological polar surface area (TPSA) is 80.8 Å². The van der Waals surface area contributed by atoms with E-state index in [1.54, 1.807) is 11.1 Å². The van der Waals surface area contributed by atoms with E-state index in [1.807, 2.05) is 36.4 Å². The first kappa shape index (κ1) is 17.7. The van der Waals surface area contributed by atoms with E-state index >= 15 is 0 Å². The van der Waals surface area contributed by atoms with Crippen LogP contribution in [0.1, 0.15) is 24.6 Å². The van der Waals surface area contributed by atoms with Crippen molar-refractivity contribution in [1.29, 1.82) is 0 Å². The number of benzene rings is 1. The third-order valence-corrected chi connectivity index (χ3v) is 4.06. The quantitative estimate of drug-likeness (QED) is 0.820. The Morgan fingerprint density at radius 2 is 2.04 bits per heavy atom. The molecule has 7 nitrogen and oxygen atoms in total. The maximum absolute atomic E-state index is 12.1. The lowest BCUT2D eigenvalue weighted by Crippen LogP contribution is -2.33. The maximum atomic E-state index is 12.1. The SMILES string of the molecule is CC(=O)N(CCC(=O)NCc1ccc2c(c1)OCO2)Cc1ccccn1. The number of carbonyl (C=O) groups excluding carboxylic acids is 2. The molecule has 0 aliphatic carbocycles. The second-order valence-electron chi connectivity index (χ2n) is 5.98. The van der Waals surface area contributed by atoms with Gasteiger partial charge in [0.25, 0.3) is 0 Å². The van der Waals surface area contributed by atoms with Crippen LogP contribution in [0.5, 0.6) is 11.5 Å². The summed E-state index contributed by atoms with van der Waals surface area (Å²) in [7, 11) is 0. The number of nitrogens with one attached hydrogen (secondary N) is 1. The van der Waals surface area contributed by atoms with E-state index in [4.69, 9.17) is 9.47 Å². The van der Waals surface area contributed by atoms with Crippen molar-refractivity contribution in [2.75, 3.05) is 13.3 Å². The largest absolute Gasteiger partial charge is 0.454 e. The Labute approximate surface area is 151 Å². The Kier molecular flexibility index (Phi) is 5.68. The zero-order chi connectivity index (χ0) is 18.4. The number of nitrogens with zero attached hydrogens (tertiary/aromatic N) is 2. The smallest absolute Gasteiger partial charge is 0.231 e. The lowest BCUT2D eigenvalue weighted by atomic mass is 10.2. The highest BCUT2D eigenvalue weighted by molar-refractivity contribution is 5.78. The van der Waals surface area contributed by atoms with Gasteiger partial charge in [0.2, 0.25) is 18.6 Å². The molecule has 26 heavy (non-hydrogen) atoms. The van der Waals surface area contributed by atoms with Crippen LogP contribution in [0.2, 0.25) is 0 Å². The Hall–Kier alpha value is -3.09. The fourth-order valence-corrected chi connectivity index (χ4v) is 2.61. The highest BCUT2D eigenvalue weighted by Crippen LogP contribution is 2.32. The summed E-state index contributed by atoms with van der Waals surface area (Å²) in [6.45, 7) is 2.86. The predicted molar refractivity (Wildman–Crippen MR) is 94.4 cm³/mol. The van der Waals surface area contributed by atoms with Gasteiger partial charge in [0.15, 0.2) is 11.5 Å². The number of fused-ring (bicyclic) bond motifs is 1. The van der Waals surface area contributed by atoms with Gasteiger partial charge in [-0.25, -0.2) is 0 Å². The number of aromatic nitrogens is 1. The van der Waals surface area contributed by atoms with Gasteiger partial charge in [0.05, 0.1) is 12.2 Å². The molecule has 0 bridgehead atoms. The van der Waals surface area contributed by atoms with Gasteiger partial charge >= 0.3 is 0 Å². The molecule has 0 unspecified atom stereocenters. The Morgan fingerprint density at radius 3 is 2.81 bits per heavy atom. The van der Waals surface area contributed by atoms with Crippen LogP contribution in [-0.4, -0.2) is 35.0 Å². The summed E-state index contributed by atoms with van der Waals surface area (Å²) in [6, 6.07) is 11.1. The van der Waals surface area contributed by atoms with Crippen molar-refractivity contribution >= 4 is 11.8 Å².